The third-order valence-electron chi connectivity index (χ3n) is 3.25. The molecule has 0 unspecified atom stereocenters. The minimum atomic E-state index is -5.08. The highest BCUT2D eigenvalue weighted by Gasteiger charge is 2.38. The number of hydrogen-bond donors (Lipinski definition) is 1. The Morgan fingerprint density at radius 1 is 1.04 bits per heavy atom. The summed E-state index contributed by atoms with van der Waals surface area (Å²) in [6, 6.07) is 9.74. The van der Waals surface area contributed by atoms with Crippen LogP contribution in [0.1, 0.15) is 26.3 Å². The van der Waals surface area contributed by atoms with E-state index < -0.39 is 12.1 Å². The summed E-state index contributed by atoms with van der Waals surface area (Å²) in [5.74, 6) is -2.76. The Bertz CT molecular complexity index is 585. The molecular formula is C18H27F3N2O4. The van der Waals surface area contributed by atoms with E-state index in [0.717, 1.165) is 12.1 Å². The summed E-state index contributed by atoms with van der Waals surface area (Å²) in [7, 11) is 3.99. The molecule has 0 aliphatic carbocycles. The summed E-state index contributed by atoms with van der Waals surface area (Å²) in [6.45, 7) is 7.85. The standard InChI is InChI=1S/C16H26N2O2.C2HF3O2/c1-16(2,3)18(12-11-17(4)5)15(19)20-13-14-9-7-6-8-10-14;3-2(4,5)1(6)7/h6-10H,11-13H2,1-5H3;(H,6,7). The van der Waals surface area contributed by atoms with Gasteiger partial charge in [-0.05, 0) is 40.4 Å². The third kappa shape index (κ3) is 11.1. The van der Waals surface area contributed by atoms with Crippen LogP contribution in [-0.2, 0) is 16.1 Å². The van der Waals surface area contributed by atoms with Crippen molar-refractivity contribution in [2.45, 2.75) is 39.1 Å². The summed E-state index contributed by atoms with van der Waals surface area (Å²) in [5.41, 5.74) is 0.756. The van der Waals surface area contributed by atoms with Gasteiger partial charge >= 0.3 is 18.2 Å². The molecule has 1 aromatic carbocycles. The molecule has 27 heavy (non-hydrogen) atoms. The highest BCUT2D eigenvalue weighted by molar-refractivity contribution is 5.73. The fourth-order valence-electron chi connectivity index (χ4n) is 1.80. The summed E-state index contributed by atoms with van der Waals surface area (Å²) in [6.07, 6.45) is -5.34. The molecule has 0 saturated carbocycles. The Kier molecular flexibility index (Phi) is 9.85. The van der Waals surface area contributed by atoms with Crippen LogP contribution in [0.4, 0.5) is 18.0 Å². The van der Waals surface area contributed by atoms with E-state index >= 15 is 0 Å². The molecule has 0 aliphatic heterocycles. The number of amides is 1. The fraction of sp³-hybridized carbons (Fsp3) is 0.556. The van der Waals surface area contributed by atoms with Gasteiger partial charge in [-0.15, -0.1) is 0 Å². The van der Waals surface area contributed by atoms with Gasteiger partial charge in [-0.3, -0.25) is 0 Å². The van der Waals surface area contributed by atoms with E-state index in [0.29, 0.717) is 13.2 Å². The Hall–Kier alpha value is -2.29. The molecule has 0 bridgehead atoms. The Labute approximate surface area is 157 Å². The molecule has 0 saturated heterocycles. The minimum absolute atomic E-state index is 0.246. The summed E-state index contributed by atoms with van der Waals surface area (Å²) in [5, 5.41) is 7.12. The average Bonchev–Trinajstić information content (AvgIpc) is 2.52. The maximum Gasteiger partial charge on any atom is 0.490 e. The van der Waals surface area contributed by atoms with Crippen molar-refractivity contribution < 1.29 is 32.6 Å². The van der Waals surface area contributed by atoms with Crippen LogP contribution in [0.3, 0.4) is 0 Å². The zero-order valence-electron chi connectivity index (χ0n) is 16.2. The second-order valence-electron chi connectivity index (χ2n) is 6.97. The topological polar surface area (TPSA) is 70.1 Å². The molecule has 6 nitrogen and oxygen atoms in total. The molecule has 0 heterocycles. The number of benzene rings is 1. The number of nitrogens with zero attached hydrogens (tertiary/aromatic N) is 2. The van der Waals surface area contributed by atoms with Crippen molar-refractivity contribution in [3.05, 3.63) is 35.9 Å². The van der Waals surface area contributed by atoms with Crippen LogP contribution < -0.4 is 0 Å². The van der Waals surface area contributed by atoms with Crippen molar-refractivity contribution in [2.24, 2.45) is 0 Å². The number of halogens is 3. The largest absolute Gasteiger partial charge is 0.490 e. The van der Waals surface area contributed by atoms with E-state index in [2.05, 4.69) is 4.90 Å². The highest BCUT2D eigenvalue weighted by Crippen LogP contribution is 2.15. The van der Waals surface area contributed by atoms with E-state index in [-0.39, 0.29) is 11.6 Å². The van der Waals surface area contributed by atoms with Crippen LogP contribution in [-0.4, -0.2) is 65.9 Å². The number of aliphatic carboxylic acids is 1. The number of carboxylic acid groups (broad SMARTS) is 1. The first-order valence-electron chi connectivity index (χ1n) is 8.18. The number of carbonyl (C=O) groups excluding carboxylic acids is 1. The van der Waals surface area contributed by atoms with Crippen molar-refractivity contribution >= 4 is 12.1 Å². The predicted molar refractivity (Wildman–Crippen MR) is 95.3 cm³/mol. The van der Waals surface area contributed by atoms with Gasteiger partial charge < -0.3 is 19.6 Å². The molecule has 0 radical (unpaired) electrons. The minimum Gasteiger partial charge on any atom is -0.475 e. The molecule has 1 aromatic rings. The van der Waals surface area contributed by atoms with Gasteiger partial charge in [0.25, 0.3) is 0 Å². The Morgan fingerprint density at radius 2 is 1.52 bits per heavy atom. The van der Waals surface area contributed by atoms with E-state index in [4.69, 9.17) is 14.6 Å². The molecule has 1 amide bonds. The molecular weight excluding hydrogens is 365 g/mol. The van der Waals surface area contributed by atoms with Gasteiger partial charge in [0.2, 0.25) is 0 Å². The quantitative estimate of drug-likeness (QED) is 0.829. The number of rotatable bonds is 5. The number of hydrogen-bond acceptors (Lipinski definition) is 4. The number of carboxylic acids is 1. The fourth-order valence-corrected chi connectivity index (χ4v) is 1.80. The van der Waals surface area contributed by atoms with Crippen molar-refractivity contribution in [3.63, 3.8) is 0 Å². The number of ether oxygens (including phenoxy) is 1. The SMILES string of the molecule is CN(C)CCN(C(=O)OCc1ccccc1)C(C)(C)C.O=C(O)C(F)(F)F. The molecule has 0 fully saturated rings. The van der Waals surface area contributed by atoms with Gasteiger partial charge in [0.15, 0.2) is 0 Å². The lowest BCUT2D eigenvalue weighted by molar-refractivity contribution is -0.192. The van der Waals surface area contributed by atoms with Gasteiger partial charge in [0, 0.05) is 18.6 Å². The van der Waals surface area contributed by atoms with Crippen LogP contribution in [0.5, 0.6) is 0 Å². The van der Waals surface area contributed by atoms with E-state index in [1.165, 1.54) is 0 Å². The van der Waals surface area contributed by atoms with Crippen molar-refractivity contribution in [1.29, 1.82) is 0 Å². The predicted octanol–water partition coefficient (Wildman–Crippen LogP) is 3.62. The van der Waals surface area contributed by atoms with E-state index in [9.17, 15) is 18.0 Å². The lowest BCUT2D eigenvalue weighted by Crippen LogP contribution is -2.48. The molecule has 0 aliphatic rings. The van der Waals surface area contributed by atoms with Crippen LogP contribution in [0, 0.1) is 0 Å². The summed E-state index contributed by atoms with van der Waals surface area (Å²) in [4.78, 5) is 25.0. The monoisotopic (exact) mass is 392 g/mol. The van der Waals surface area contributed by atoms with Gasteiger partial charge in [-0.1, -0.05) is 30.3 Å². The number of likely N-dealkylation sites (N-methyl/N-ethyl adjacent to an activating group) is 1. The zero-order chi connectivity index (χ0) is 21.3. The second kappa shape index (κ2) is 10.8. The average molecular weight is 392 g/mol. The molecule has 0 atom stereocenters. The van der Waals surface area contributed by atoms with Gasteiger partial charge in [-0.25, -0.2) is 9.59 Å². The summed E-state index contributed by atoms with van der Waals surface area (Å²) >= 11 is 0. The summed E-state index contributed by atoms with van der Waals surface area (Å²) < 4.78 is 37.2. The number of alkyl halides is 3. The second-order valence-corrected chi connectivity index (χ2v) is 6.97. The maximum absolute atomic E-state index is 12.3. The zero-order valence-corrected chi connectivity index (χ0v) is 16.2. The molecule has 1 N–H and O–H groups in total. The smallest absolute Gasteiger partial charge is 0.475 e. The maximum atomic E-state index is 12.3. The van der Waals surface area contributed by atoms with Gasteiger partial charge in [-0.2, -0.15) is 13.2 Å². The van der Waals surface area contributed by atoms with Gasteiger partial charge in [0.1, 0.15) is 6.61 Å². The molecule has 1 rings (SSSR count). The van der Waals surface area contributed by atoms with E-state index in [1.54, 1.807) is 4.90 Å². The molecule has 9 heteroatoms. The number of carbonyl (C=O) groups is 2. The normalized spacial score (nSPS) is 11.4. The van der Waals surface area contributed by atoms with E-state index in [1.807, 2.05) is 65.2 Å². The van der Waals surface area contributed by atoms with Crippen molar-refractivity contribution in [2.75, 3.05) is 27.2 Å². The first kappa shape index (κ1) is 24.7. The molecule has 154 valence electrons. The molecule has 0 spiro atoms. The lowest BCUT2D eigenvalue weighted by atomic mass is 10.1. The Balaban J connectivity index is 0.000000821. The Morgan fingerprint density at radius 3 is 1.89 bits per heavy atom. The van der Waals surface area contributed by atoms with Crippen LogP contribution in [0.15, 0.2) is 30.3 Å². The van der Waals surface area contributed by atoms with Crippen LogP contribution >= 0.6 is 0 Å². The first-order valence-corrected chi connectivity index (χ1v) is 8.18. The lowest BCUT2D eigenvalue weighted by Gasteiger charge is -2.35. The van der Waals surface area contributed by atoms with Crippen LogP contribution in [0.2, 0.25) is 0 Å². The molecule has 0 aromatic heterocycles. The third-order valence-corrected chi connectivity index (χ3v) is 3.25. The van der Waals surface area contributed by atoms with Crippen LogP contribution in [0.25, 0.3) is 0 Å². The van der Waals surface area contributed by atoms with Gasteiger partial charge in [0.05, 0.1) is 0 Å². The highest BCUT2D eigenvalue weighted by atomic mass is 19.4. The first-order chi connectivity index (χ1) is 12.2. The van der Waals surface area contributed by atoms with Crippen molar-refractivity contribution in [1.82, 2.24) is 9.80 Å². The van der Waals surface area contributed by atoms with Crippen molar-refractivity contribution in [3.8, 4) is 0 Å².